The highest BCUT2D eigenvalue weighted by atomic mass is 127. The first-order chi connectivity index (χ1) is 7.52. The molecule has 0 radical (unpaired) electrons. The molecule has 0 aliphatic carbocycles. The van der Waals surface area contributed by atoms with Crippen LogP contribution in [0.2, 0.25) is 0 Å². The number of alkyl halides is 6. The molecule has 0 spiro atoms. The fourth-order valence-corrected chi connectivity index (χ4v) is 1.94. The van der Waals surface area contributed by atoms with Crippen LogP contribution < -0.4 is 4.74 Å². The summed E-state index contributed by atoms with van der Waals surface area (Å²) in [5.74, 6) is -0.923. The van der Waals surface area contributed by atoms with Crippen LogP contribution in [0.25, 0.3) is 0 Å². The lowest BCUT2D eigenvalue weighted by Crippen LogP contribution is -2.20. The topological polar surface area (TPSA) is 22.1 Å². The normalized spacial score (nSPS) is 12.7. The van der Waals surface area contributed by atoms with E-state index in [4.69, 9.17) is 0 Å². The maximum absolute atomic E-state index is 12.4. The van der Waals surface area contributed by atoms with Gasteiger partial charge in [-0.1, -0.05) is 0 Å². The van der Waals surface area contributed by atoms with Gasteiger partial charge in [0.1, 0.15) is 0 Å². The number of ether oxygens (including phenoxy) is 1. The van der Waals surface area contributed by atoms with Crippen molar-refractivity contribution in [3.05, 3.63) is 21.0 Å². The zero-order valence-corrected chi connectivity index (χ0v) is 10.2. The molecule has 0 fully saturated rings. The van der Waals surface area contributed by atoms with Crippen molar-refractivity contribution >= 4 is 22.6 Å². The molecular formula is C8H4F6INO. The molecule has 0 atom stereocenters. The van der Waals surface area contributed by atoms with Crippen molar-refractivity contribution in [1.29, 1.82) is 0 Å². The Labute approximate surface area is 105 Å². The fourth-order valence-electron chi connectivity index (χ4n) is 0.990. The van der Waals surface area contributed by atoms with E-state index in [1.165, 1.54) is 0 Å². The van der Waals surface area contributed by atoms with Gasteiger partial charge >= 0.3 is 12.5 Å². The Morgan fingerprint density at radius 2 is 1.71 bits per heavy atom. The van der Waals surface area contributed by atoms with Gasteiger partial charge in [-0.05, 0) is 29.5 Å². The average Bonchev–Trinajstić information content (AvgIpc) is 2.08. The van der Waals surface area contributed by atoms with Crippen LogP contribution in [0.3, 0.4) is 0 Å². The minimum absolute atomic E-state index is 0.264. The van der Waals surface area contributed by atoms with Gasteiger partial charge in [-0.15, -0.1) is 13.2 Å². The van der Waals surface area contributed by atoms with Crippen LogP contribution in [-0.4, -0.2) is 11.3 Å². The molecule has 0 bridgehead atoms. The molecule has 0 saturated carbocycles. The molecule has 17 heavy (non-hydrogen) atoms. The summed E-state index contributed by atoms with van der Waals surface area (Å²) in [6.07, 6.45) is -9.36. The Bertz CT molecular complexity index is 427. The van der Waals surface area contributed by atoms with E-state index in [1.807, 2.05) is 0 Å². The van der Waals surface area contributed by atoms with Gasteiger partial charge in [0.25, 0.3) is 0 Å². The average molecular weight is 371 g/mol. The lowest BCUT2D eigenvalue weighted by Gasteiger charge is -2.16. The zero-order valence-electron chi connectivity index (χ0n) is 8.08. The second-order valence-electron chi connectivity index (χ2n) is 2.95. The summed E-state index contributed by atoms with van der Waals surface area (Å²) in [5, 5.41) is 0. The number of aryl methyl sites for hydroxylation is 1. The van der Waals surface area contributed by atoms with Gasteiger partial charge < -0.3 is 4.74 Å². The molecular weight excluding hydrogens is 367 g/mol. The van der Waals surface area contributed by atoms with Crippen molar-refractivity contribution in [3.8, 4) is 5.75 Å². The minimum Gasteiger partial charge on any atom is -0.403 e. The summed E-state index contributed by atoms with van der Waals surface area (Å²) < 4.78 is 76.1. The summed E-state index contributed by atoms with van der Waals surface area (Å²) in [5.41, 5.74) is -1.53. The molecule has 96 valence electrons. The van der Waals surface area contributed by atoms with Crippen LogP contribution in [0, 0.1) is 10.5 Å². The van der Waals surface area contributed by atoms with Crippen molar-refractivity contribution in [2.45, 2.75) is 19.5 Å². The van der Waals surface area contributed by atoms with E-state index >= 15 is 0 Å². The molecule has 0 aromatic carbocycles. The highest BCUT2D eigenvalue weighted by Crippen LogP contribution is 2.39. The smallest absolute Gasteiger partial charge is 0.403 e. The predicted octanol–water partition coefficient (Wildman–Crippen LogP) is 3.91. The molecule has 1 aromatic rings. The van der Waals surface area contributed by atoms with Crippen LogP contribution in [0.1, 0.15) is 11.3 Å². The van der Waals surface area contributed by atoms with E-state index in [2.05, 4.69) is 9.72 Å². The molecule has 0 saturated heterocycles. The Balaban J connectivity index is 3.31. The van der Waals surface area contributed by atoms with Crippen LogP contribution in [0.5, 0.6) is 5.75 Å². The molecule has 0 N–H and O–H groups in total. The second kappa shape index (κ2) is 4.50. The van der Waals surface area contributed by atoms with E-state index in [9.17, 15) is 26.3 Å². The largest absolute Gasteiger partial charge is 0.573 e. The quantitative estimate of drug-likeness (QED) is 0.552. The monoisotopic (exact) mass is 371 g/mol. The summed E-state index contributed by atoms with van der Waals surface area (Å²) >= 11 is 1.15. The fraction of sp³-hybridized carbons (Fsp3) is 0.375. The number of halogens is 7. The third-order valence-electron chi connectivity index (χ3n) is 1.67. The maximum Gasteiger partial charge on any atom is 0.573 e. The highest BCUT2D eigenvalue weighted by molar-refractivity contribution is 14.1. The Morgan fingerprint density at radius 3 is 2.12 bits per heavy atom. The Hall–Kier alpha value is -0.740. The van der Waals surface area contributed by atoms with Crippen molar-refractivity contribution < 1.29 is 31.1 Å². The number of aromatic nitrogens is 1. The molecule has 0 aliphatic rings. The Morgan fingerprint density at radius 1 is 1.18 bits per heavy atom. The molecule has 2 nitrogen and oxygen atoms in total. The van der Waals surface area contributed by atoms with Crippen LogP contribution in [0.4, 0.5) is 26.3 Å². The van der Waals surface area contributed by atoms with Gasteiger partial charge in [0, 0.05) is 6.20 Å². The summed E-state index contributed by atoms with van der Waals surface area (Å²) in [7, 11) is 0. The summed E-state index contributed by atoms with van der Waals surface area (Å²) in [6.45, 7) is 1.13. The summed E-state index contributed by atoms with van der Waals surface area (Å²) in [4.78, 5) is 3.24. The lowest BCUT2D eigenvalue weighted by atomic mass is 10.2. The van der Waals surface area contributed by atoms with Gasteiger partial charge in [-0.25, -0.2) is 0 Å². The van der Waals surface area contributed by atoms with Crippen molar-refractivity contribution in [1.82, 2.24) is 4.98 Å². The van der Waals surface area contributed by atoms with Gasteiger partial charge in [-0.3, -0.25) is 4.98 Å². The van der Waals surface area contributed by atoms with Crippen LogP contribution in [-0.2, 0) is 6.18 Å². The van der Waals surface area contributed by atoms with Crippen LogP contribution in [0.15, 0.2) is 6.20 Å². The number of rotatable bonds is 1. The number of hydrogen-bond donors (Lipinski definition) is 0. The van der Waals surface area contributed by atoms with Gasteiger partial charge in [0.15, 0.2) is 5.75 Å². The molecule has 9 heteroatoms. The van der Waals surface area contributed by atoms with Crippen LogP contribution >= 0.6 is 22.6 Å². The molecule has 1 rings (SSSR count). The highest BCUT2D eigenvalue weighted by Gasteiger charge is 2.38. The van der Waals surface area contributed by atoms with Gasteiger partial charge in [0.05, 0.1) is 14.8 Å². The molecule has 0 aliphatic heterocycles. The number of hydrogen-bond acceptors (Lipinski definition) is 2. The number of pyridine rings is 1. The maximum atomic E-state index is 12.4. The number of nitrogens with zero attached hydrogens (tertiary/aromatic N) is 1. The lowest BCUT2D eigenvalue weighted by molar-refractivity contribution is -0.275. The van der Waals surface area contributed by atoms with Crippen molar-refractivity contribution in [2.24, 2.45) is 0 Å². The van der Waals surface area contributed by atoms with E-state index in [0.717, 1.165) is 29.5 Å². The van der Waals surface area contributed by atoms with Crippen molar-refractivity contribution in [3.63, 3.8) is 0 Å². The van der Waals surface area contributed by atoms with Gasteiger partial charge in [0.2, 0.25) is 0 Å². The predicted molar refractivity (Wildman–Crippen MR) is 53.4 cm³/mol. The zero-order chi connectivity index (χ0) is 13.4. The third kappa shape index (κ3) is 3.61. The van der Waals surface area contributed by atoms with E-state index < -0.39 is 27.4 Å². The van der Waals surface area contributed by atoms with E-state index in [0.29, 0.717) is 6.20 Å². The molecule has 0 amide bonds. The Kier molecular flexibility index (Phi) is 3.79. The minimum atomic E-state index is -5.06. The van der Waals surface area contributed by atoms with E-state index in [-0.39, 0.29) is 5.69 Å². The molecule has 1 aromatic heterocycles. The summed E-state index contributed by atoms with van der Waals surface area (Å²) in [6, 6.07) is 0. The van der Waals surface area contributed by atoms with E-state index in [1.54, 1.807) is 0 Å². The SMILES string of the molecule is Cc1ncc(C(F)(F)F)c(I)c1OC(F)(F)F. The standard InChI is InChI=1S/C8H4F6INO/c1-3-6(17-8(12,13)14)5(15)4(2-16-3)7(9,10)11/h2H,1H3. The third-order valence-corrected chi connectivity index (χ3v) is 2.75. The first-order valence-corrected chi connectivity index (χ1v) is 5.08. The molecule has 1 heterocycles. The van der Waals surface area contributed by atoms with Crippen molar-refractivity contribution in [2.75, 3.05) is 0 Å². The first kappa shape index (κ1) is 14.3. The first-order valence-electron chi connectivity index (χ1n) is 4.00. The molecule has 0 unspecified atom stereocenters. The second-order valence-corrected chi connectivity index (χ2v) is 4.02. The van der Waals surface area contributed by atoms with Gasteiger partial charge in [-0.2, -0.15) is 13.2 Å².